The van der Waals surface area contributed by atoms with E-state index in [2.05, 4.69) is 28.0 Å². The average Bonchev–Trinajstić information content (AvgIpc) is 3.20. The summed E-state index contributed by atoms with van der Waals surface area (Å²) >= 11 is 0. The minimum Gasteiger partial charge on any atom is -0.494 e. The van der Waals surface area contributed by atoms with Crippen molar-refractivity contribution < 1.29 is 14.6 Å². The van der Waals surface area contributed by atoms with Crippen molar-refractivity contribution in [2.75, 3.05) is 37.6 Å². The predicted octanol–water partition coefficient (Wildman–Crippen LogP) is 2.47. The summed E-state index contributed by atoms with van der Waals surface area (Å²) in [6.45, 7) is 5.14. The molecule has 24 heavy (non-hydrogen) atoms. The van der Waals surface area contributed by atoms with Gasteiger partial charge in [-0.1, -0.05) is 12.1 Å². The van der Waals surface area contributed by atoms with Crippen LogP contribution < -0.4 is 4.90 Å². The average molecular weight is 327 g/mol. The third-order valence-corrected chi connectivity index (χ3v) is 4.75. The SMILES string of the molecule is Oc1ccc(O)n1CCN1CCN(c2cccc3ccoc23)CC1. The molecule has 1 aliphatic rings. The topological polar surface area (TPSA) is 65.0 Å². The Hall–Kier alpha value is -2.60. The van der Waals surface area contributed by atoms with E-state index in [4.69, 9.17) is 4.42 Å². The fourth-order valence-corrected chi connectivity index (χ4v) is 3.36. The summed E-state index contributed by atoms with van der Waals surface area (Å²) in [6, 6.07) is 11.3. The van der Waals surface area contributed by atoms with E-state index in [1.807, 2.05) is 6.07 Å². The van der Waals surface area contributed by atoms with Crippen molar-refractivity contribution in [1.82, 2.24) is 9.47 Å². The number of aromatic hydroxyl groups is 2. The zero-order chi connectivity index (χ0) is 16.5. The van der Waals surface area contributed by atoms with Gasteiger partial charge in [0.25, 0.3) is 0 Å². The second-order valence-corrected chi connectivity index (χ2v) is 6.15. The van der Waals surface area contributed by atoms with E-state index in [-0.39, 0.29) is 11.8 Å². The molecular weight excluding hydrogens is 306 g/mol. The maximum Gasteiger partial charge on any atom is 0.193 e. The largest absolute Gasteiger partial charge is 0.494 e. The van der Waals surface area contributed by atoms with Gasteiger partial charge in [0.1, 0.15) is 0 Å². The number of nitrogens with zero attached hydrogens (tertiary/aromatic N) is 3. The lowest BCUT2D eigenvalue weighted by atomic mass is 10.2. The lowest BCUT2D eigenvalue weighted by Crippen LogP contribution is -2.47. The molecule has 1 fully saturated rings. The van der Waals surface area contributed by atoms with Gasteiger partial charge in [-0.25, -0.2) is 0 Å². The lowest BCUT2D eigenvalue weighted by molar-refractivity contribution is 0.238. The predicted molar refractivity (Wildman–Crippen MR) is 92.6 cm³/mol. The molecule has 6 nitrogen and oxygen atoms in total. The molecule has 0 atom stereocenters. The van der Waals surface area contributed by atoms with E-state index in [0.717, 1.165) is 49.4 Å². The molecule has 0 radical (unpaired) electrons. The van der Waals surface area contributed by atoms with Gasteiger partial charge in [-0.05, 0) is 12.1 Å². The van der Waals surface area contributed by atoms with Crippen LogP contribution >= 0.6 is 0 Å². The van der Waals surface area contributed by atoms with Crippen LogP contribution in [0.1, 0.15) is 0 Å². The smallest absolute Gasteiger partial charge is 0.193 e. The Morgan fingerprint density at radius 2 is 1.62 bits per heavy atom. The van der Waals surface area contributed by atoms with Gasteiger partial charge >= 0.3 is 0 Å². The van der Waals surface area contributed by atoms with Crippen molar-refractivity contribution in [3.63, 3.8) is 0 Å². The number of hydrogen-bond acceptors (Lipinski definition) is 5. The standard InChI is InChI=1S/C18H21N3O3/c22-16-4-5-17(23)21(16)12-9-19-7-10-20(11-8-19)15-3-1-2-14-6-13-24-18(14)15/h1-6,13,22-23H,7-12H2. The number of hydrogen-bond donors (Lipinski definition) is 2. The number of anilines is 1. The number of rotatable bonds is 4. The highest BCUT2D eigenvalue weighted by atomic mass is 16.3. The fraction of sp³-hybridized carbons (Fsp3) is 0.333. The third-order valence-electron chi connectivity index (χ3n) is 4.75. The molecule has 1 aliphatic heterocycles. The quantitative estimate of drug-likeness (QED) is 0.771. The van der Waals surface area contributed by atoms with Gasteiger partial charge in [-0.2, -0.15) is 0 Å². The van der Waals surface area contributed by atoms with Crippen LogP contribution in [0.3, 0.4) is 0 Å². The van der Waals surface area contributed by atoms with Crippen LogP contribution in [-0.2, 0) is 6.54 Å². The van der Waals surface area contributed by atoms with E-state index >= 15 is 0 Å². The second kappa shape index (κ2) is 6.13. The summed E-state index contributed by atoms with van der Waals surface area (Å²) in [5, 5.41) is 20.5. The molecular formula is C18H21N3O3. The first-order valence-electron chi connectivity index (χ1n) is 8.23. The molecule has 3 aromatic rings. The fourth-order valence-electron chi connectivity index (χ4n) is 3.36. The Balaban J connectivity index is 1.38. The van der Waals surface area contributed by atoms with Crippen molar-refractivity contribution in [3.05, 3.63) is 42.7 Å². The van der Waals surface area contributed by atoms with Crippen LogP contribution in [0.5, 0.6) is 11.8 Å². The molecule has 6 heteroatoms. The zero-order valence-electron chi connectivity index (χ0n) is 13.4. The van der Waals surface area contributed by atoms with Crippen LogP contribution in [-0.4, -0.2) is 52.4 Å². The van der Waals surface area contributed by atoms with Gasteiger partial charge in [-0.3, -0.25) is 9.47 Å². The van der Waals surface area contributed by atoms with Crippen LogP contribution in [0.25, 0.3) is 11.0 Å². The molecule has 0 amide bonds. The third kappa shape index (κ3) is 2.69. The van der Waals surface area contributed by atoms with Gasteiger partial charge < -0.3 is 19.5 Å². The maximum absolute atomic E-state index is 9.70. The van der Waals surface area contributed by atoms with E-state index in [1.165, 1.54) is 16.7 Å². The molecule has 2 N–H and O–H groups in total. The van der Waals surface area contributed by atoms with Crippen molar-refractivity contribution in [2.45, 2.75) is 6.54 Å². The Kier molecular flexibility index (Phi) is 3.82. The molecule has 126 valence electrons. The summed E-state index contributed by atoms with van der Waals surface area (Å²) < 4.78 is 7.16. The lowest BCUT2D eigenvalue weighted by Gasteiger charge is -2.36. The normalized spacial score (nSPS) is 16.1. The van der Waals surface area contributed by atoms with Gasteiger partial charge in [-0.15, -0.1) is 0 Å². The number of fused-ring (bicyclic) bond motifs is 1. The molecule has 0 bridgehead atoms. The first-order chi connectivity index (χ1) is 11.7. The Morgan fingerprint density at radius 1 is 0.875 bits per heavy atom. The molecule has 0 unspecified atom stereocenters. The van der Waals surface area contributed by atoms with Crippen LogP contribution in [0.15, 0.2) is 47.1 Å². The molecule has 4 rings (SSSR count). The Morgan fingerprint density at radius 3 is 2.38 bits per heavy atom. The van der Waals surface area contributed by atoms with Gasteiger partial charge in [0.05, 0.1) is 12.0 Å². The van der Waals surface area contributed by atoms with E-state index in [1.54, 1.807) is 6.26 Å². The van der Waals surface area contributed by atoms with Crippen molar-refractivity contribution in [1.29, 1.82) is 0 Å². The minimum atomic E-state index is 0.107. The number of para-hydroxylation sites is 1. The summed E-state index contributed by atoms with van der Waals surface area (Å²) in [5.74, 6) is 0.214. The molecule has 0 aliphatic carbocycles. The van der Waals surface area contributed by atoms with Crippen molar-refractivity contribution in [3.8, 4) is 11.8 Å². The number of benzene rings is 1. The maximum atomic E-state index is 9.70. The number of furan rings is 1. The van der Waals surface area contributed by atoms with Crippen LogP contribution in [0, 0.1) is 0 Å². The summed E-state index contributed by atoms with van der Waals surface area (Å²) in [6.07, 6.45) is 1.74. The second-order valence-electron chi connectivity index (χ2n) is 6.15. The molecule has 2 aromatic heterocycles. The molecule has 3 heterocycles. The highest BCUT2D eigenvalue weighted by Crippen LogP contribution is 2.28. The first-order valence-corrected chi connectivity index (χ1v) is 8.23. The zero-order valence-corrected chi connectivity index (χ0v) is 13.4. The van der Waals surface area contributed by atoms with E-state index < -0.39 is 0 Å². The molecule has 1 saturated heterocycles. The summed E-state index contributed by atoms with van der Waals surface area (Å²) in [7, 11) is 0. The first kappa shape index (κ1) is 15.0. The van der Waals surface area contributed by atoms with Gasteiger partial charge in [0.2, 0.25) is 0 Å². The van der Waals surface area contributed by atoms with Crippen molar-refractivity contribution >= 4 is 16.7 Å². The Labute approximate surface area is 140 Å². The monoisotopic (exact) mass is 327 g/mol. The Bertz CT molecular complexity index is 812. The van der Waals surface area contributed by atoms with Gasteiger partial charge in [0.15, 0.2) is 17.3 Å². The van der Waals surface area contributed by atoms with Crippen molar-refractivity contribution in [2.24, 2.45) is 0 Å². The van der Waals surface area contributed by atoms with E-state index in [0.29, 0.717) is 6.54 Å². The highest BCUT2D eigenvalue weighted by molar-refractivity contribution is 5.89. The minimum absolute atomic E-state index is 0.107. The molecule has 1 aromatic carbocycles. The van der Waals surface area contributed by atoms with Crippen LogP contribution in [0.2, 0.25) is 0 Å². The summed E-state index contributed by atoms with van der Waals surface area (Å²) in [4.78, 5) is 4.70. The molecule has 0 saturated carbocycles. The van der Waals surface area contributed by atoms with E-state index in [9.17, 15) is 10.2 Å². The number of piperazine rings is 1. The highest BCUT2D eigenvalue weighted by Gasteiger charge is 2.20. The number of aromatic nitrogens is 1. The summed E-state index contributed by atoms with van der Waals surface area (Å²) in [5.41, 5.74) is 2.10. The molecule has 0 spiro atoms. The van der Waals surface area contributed by atoms with Gasteiger partial charge in [0, 0.05) is 56.8 Å². The van der Waals surface area contributed by atoms with Crippen LogP contribution in [0.4, 0.5) is 5.69 Å².